The third-order valence-corrected chi connectivity index (χ3v) is 6.47. The first-order valence-electron chi connectivity index (χ1n) is 11.3. The zero-order valence-electron chi connectivity index (χ0n) is 18.2. The Morgan fingerprint density at radius 3 is 2.73 bits per heavy atom. The predicted molar refractivity (Wildman–Crippen MR) is 119 cm³/mol. The molecule has 0 bridgehead atoms. The molecule has 33 heavy (non-hydrogen) atoms. The molecule has 1 saturated heterocycles. The van der Waals surface area contributed by atoms with Gasteiger partial charge < -0.3 is 4.74 Å². The van der Waals surface area contributed by atoms with E-state index in [1.165, 1.54) is 25.0 Å². The number of halogens is 2. The molecule has 2 unspecified atom stereocenters. The predicted octanol–water partition coefficient (Wildman–Crippen LogP) is 5.45. The van der Waals surface area contributed by atoms with Crippen molar-refractivity contribution in [3.05, 3.63) is 71.4 Å². The largest absolute Gasteiger partial charge is 0.373 e. The number of rotatable bonds is 4. The molecule has 1 aromatic carbocycles. The summed E-state index contributed by atoms with van der Waals surface area (Å²) >= 11 is 0. The van der Waals surface area contributed by atoms with Gasteiger partial charge in [0.25, 0.3) is 0 Å². The highest BCUT2D eigenvalue weighted by Crippen LogP contribution is 2.40. The van der Waals surface area contributed by atoms with Crippen molar-refractivity contribution < 1.29 is 13.5 Å². The van der Waals surface area contributed by atoms with Gasteiger partial charge in [-0.25, -0.2) is 23.7 Å². The van der Waals surface area contributed by atoms with Crippen LogP contribution in [-0.2, 0) is 4.74 Å². The van der Waals surface area contributed by atoms with Gasteiger partial charge in [0, 0.05) is 47.0 Å². The van der Waals surface area contributed by atoms with Crippen LogP contribution in [0.1, 0.15) is 60.8 Å². The van der Waals surface area contributed by atoms with Gasteiger partial charge in [-0.2, -0.15) is 5.10 Å². The zero-order valence-corrected chi connectivity index (χ0v) is 18.2. The molecular weight excluding hydrogens is 424 g/mol. The van der Waals surface area contributed by atoms with Crippen molar-refractivity contribution in [2.75, 3.05) is 6.61 Å². The number of ether oxygens (including phenoxy) is 1. The summed E-state index contributed by atoms with van der Waals surface area (Å²) in [5.74, 6) is -0.633. The van der Waals surface area contributed by atoms with E-state index in [0.29, 0.717) is 41.6 Å². The lowest BCUT2D eigenvalue weighted by molar-refractivity contribution is 0.00396. The smallest absolute Gasteiger partial charge is 0.163 e. The highest BCUT2D eigenvalue weighted by Gasteiger charge is 2.31. The molecule has 6 rings (SSSR count). The van der Waals surface area contributed by atoms with Crippen LogP contribution >= 0.6 is 0 Å². The fourth-order valence-corrected chi connectivity index (χ4v) is 4.51. The fraction of sp³-hybridized carbons (Fsp3) is 0.360. The Morgan fingerprint density at radius 1 is 1.03 bits per heavy atom. The van der Waals surface area contributed by atoms with Crippen LogP contribution in [0.25, 0.3) is 22.3 Å². The highest BCUT2D eigenvalue weighted by molar-refractivity contribution is 5.90. The number of nitrogens with zero attached hydrogens (tertiary/aromatic N) is 5. The normalized spacial score (nSPS) is 20.9. The first-order valence-corrected chi connectivity index (χ1v) is 11.3. The van der Waals surface area contributed by atoms with E-state index in [1.807, 2.05) is 29.9 Å². The van der Waals surface area contributed by atoms with E-state index >= 15 is 0 Å². The van der Waals surface area contributed by atoms with Crippen LogP contribution in [0.2, 0.25) is 0 Å². The molecule has 168 valence electrons. The van der Waals surface area contributed by atoms with E-state index in [9.17, 15) is 8.78 Å². The van der Waals surface area contributed by atoms with Gasteiger partial charge >= 0.3 is 0 Å². The molecule has 0 N–H and O–H groups in total. The second-order valence-electron chi connectivity index (χ2n) is 8.94. The van der Waals surface area contributed by atoms with Crippen molar-refractivity contribution in [2.45, 2.75) is 50.7 Å². The Bertz CT molecular complexity index is 1350. The summed E-state index contributed by atoms with van der Waals surface area (Å²) in [6.07, 6.45) is 7.69. The molecular formula is C25H23F2N5O. The molecule has 1 aliphatic carbocycles. The lowest BCUT2D eigenvalue weighted by Gasteiger charge is -2.28. The van der Waals surface area contributed by atoms with Crippen LogP contribution in [0.5, 0.6) is 0 Å². The minimum absolute atomic E-state index is 0.0296. The molecule has 8 heteroatoms. The van der Waals surface area contributed by atoms with Gasteiger partial charge in [0.15, 0.2) is 5.65 Å². The summed E-state index contributed by atoms with van der Waals surface area (Å²) in [6, 6.07) is 7.76. The van der Waals surface area contributed by atoms with E-state index in [1.54, 1.807) is 0 Å². The van der Waals surface area contributed by atoms with Crippen LogP contribution in [-0.4, -0.2) is 31.3 Å². The summed E-state index contributed by atoms with van der Waals surface area (Å²) in [5, 5.41) is 5.14. The van der Waals surface area contributed by atoms with Gasteiger partial charge in [-0.05, 0) is 56.9 Å². The zero-order chi connectivity index (χ0) is 22.5. The average molecular weight is 447 g/mol. The number of aryl methyl sites for hydroxylation is 1. The first-order chi connectivity index (χ1) is 16.0. The molecule has 4 heterocycles. The van der Waals surface area contributed by atoms with Crippen molar-refractivity contribution in [1.82, 2.24) is 24.7 Å². The van der Waals surface area contributed by atoms with E-state index in [4.69, 9.17) is 14.7 Å². The van der Waals surface area contributed by atoms with Gasteiger partial charge in [-0.15, -0.1) is 0 Å². The molecule has 1 saturated carbocycles. The van der Waals surface area contributed by atoms with E-state index in [-0.39, 0.29) is 17.6 Å². The Hall–Kier alpha value is -3.26. The number of aromatic nitrogens is 5. The highest BCUT2D eigenvalue weighted by atomic mass is 19.1. The lowest BCUT2D eigenvalue weighted by Crippen LogP contribution is -2.20. The topological polar surface area (TPSA) is 65.7 Å². The molecule has 2 aliphatic rings. The Labute approximate surface area is 189 Å². The molecule has 4 aromatic rings. The molecule has 6 nitrogen and oxygen atoms in total. The maximum absolute atomic E-state index is 14.7. The number of hydrogen-bond acceptors (Lipinski definition) is 5. The van der Waals surface area contributed by atoms with Crippen LogP contribution < -0.4 is 0 Å². The average Bonchev–Trinajstić information content (AvgIpc) is 3.54. The number of hydrogen-bond donors (Lipinski definition) is 0. The third-order valence-electron chi connectivity index (χ3n) is 6.47. The van der Waals surface area contributed by atoms with Crippen LogP contribution in [0, 0.1) is 18.6 Å². The lowest BCUT2D eigenvalue weighted by atomic mass is 9.92. The molecule has 3 aromatic heterocycles. The third kappa shape index (κ3) is 3.88. The van der Waals surface area contributed by atoms with Crippen molar-refractivity contribution >= 4 is 11.0 Å². The summed E-state index contributed by atoms with van der Waals surface area (Å²) < 4.78 is 36.4. The maximum atomic E-state index is 14.7. The molecule has 2 atom stereocenters. The quantitative estimate of drug-likeness (QED) is 0.417. The van der Waals surface area contributed by atoms with Gasteiger partial charge in [-0.1, -0.05) is 0 Å². The van der Waals surface area contributed by atoms with Crippen molar-refractivity contribution in [2.24, 2.45) is 0 Å². The Balaban J connectivity index is 1.39. The van der Waals surface area contributed by atoms with Crippen molar-refractivity contribution in [3.8, 4) is 11.3 Å². The van der Waals surface area contributed by atoms with Crippen LogP contribution in [0.4, 0.5) is 8.78 Å². The van der Waals surface area contributed by atoms with E-state index in [0.717, 1.165) is 23.7 Å². The second kappa shape index (κ2) is 7.95. The molecule has 0 spiro atoms. The molecule has 0 radical (unpaired) electrons. The number of pyridine rings is 1. The standard InChI is InChI=1S/C25H23F2N5O/c1-14-2-6-20-23(19-7-3-17(26)11-21(19)27)30-24(31-25(20)29-14)15-8-9-33-22(10-15)16-12-28-32(13-16)18-4-5-18/h2-3,6-7,11-13,15,18,22H,4-5,8-10H2,1H3. The minimum Gasteiger partial charge on any atom is -0.373 e. The van der Waals surface area contributed by atoms with Gasteiger partial charge in [0.2, 0.25) is 0 Å². The van der Waals surface area contributed by atoms with Crippen molar-refractivity contribution in [1.29, 1.82) is 0 Å². The Morgan fingerprint density at radius 2 is 1.91 bits per heavy atom. The van der Waals surface area contributed by atoms with Gasteiger partial charge in [0.05, 0.1) is 24.0 Å². The monoisotopic (exact) mass is 447 g/mol. The minimum atomic E-state index is -0.654. The van der Waals surface area contributed by atoms with E-state index in [2.05, 4.69) is 16.3 Å². The van der Waals surface area contributed by atoms with E-state index < -0.39 is 11.6 Å². The van der Waals surface area contributed by atoms with Gasteiger partial charge in [0.1, 0.15) is 17.5 Å². The summed E-state index contributed by atoms with van der Waals surface area (Å²) in [7, 11) is 0. The molecule has 2 fully saturated rings. The van der Waals surface area contributed by atoms with Crippen LogP contribution in [0.15, 0.2) is 42.7 Å². The number of fused-ring (bicyclic) bond motifs is 1. The van der Waals surface area contributed by atoms with Gasteiger partial charge in [-0.3, -0.25) is 4.68 Å². The molecule has 1 aliphatic heterocycles. The SMILES string of the molecule is Cc1ccc2c(-c3ccc(F)cc3F)nc(C3CCOC(c4cnn(C5CC5)c4)C3)nc2n1. The maximum Gasteiger partial charge on any atom is 0.163 e. The summed E-state index contributed by atoms with van der Waals surface area (Å²) in [6.45, 7) is 2.47. The summed E-state index contributed by atoms with van der Waals surface area (Å²) in [5.41, 5.74) is 3.07. The second-order valence-corrected chi connectivity index (χ2v) is 8.94. The Kier molecular flexibility index (Phi) is 4.90. The molecule has 0 amide bonds. The van der Waals surface area contributed by atoms with Crippen molar-refractivity contribution in [3.63, 3.8) is 0 Å². The number of benzene rings is 1. The first kappa shape index (κ1) is 20.4. The fourth-order valence-electron chi connectivity index (χ4n) is 4.51. The summed E-state index contributed by atoms with van der Waals surface area (Å²) in [4.78, 5) is 14.1. The van der Waals surface area contributed by atoms with Crippen LogP contribution in [0.3, 0.4) is 0 Å².